The first-order valence-corrected chi connectivity index (χ1v) is 10.0. The monoisotopic (exact) mass is 435 g/mol. The third-order valence-corrected chi connectivity index (χ3v) is 5.56. The van der Waals surface area contributed by atoms with Gasteiger partial charge in [0.25, 0.3) is 5.95 Å². The van der Waals surface area contributed by atoms with E-state index < -0.39 is 0 Å². The van der Waals surface area contributed by atoms with Gasteiger partial charge in [-0.2, -0.15) is 5.10 Å². The number of aromatic nitrogens is 3. The number of anilines is 2. The van der Waals surface area contributed by atoms with Crippen molar-refractivity contribution in [2.75, 3.05) is 30.3 Å². The van der Waals surface area contributed by atoms with E-state index in [0.29, 0.717) is 26.9 Å². The Labute approximate surface area is 177 Å². The number of halogens is 2. The summed E-state index contributed by atoms with van der Waals surface area (Å²) in [5, 5.41) is 13.9. The Hall–Kier alpha value is -2.42. The fourth-order valence-electron chi connectivity index (χ4n) is 2.25. The van der Waals surface area contributed by atoms with E-state index in [2.05, 4.69) is 20.7 Å². The fraction of sp³-hybridized carbons (Fsp3) is 0.167. The number of thioether (sulfide) groups is 1. The van der Waals surface area contributed by atoms with Crippen LogP contribution in [0.1, 0.15) is 11.1 Å². The van der Waals surface area contributed by atoms with Crippen molar-refractivity contribution in [2.24, 2.45) is 5.10 Å². The molecular weight excluding hydrogens is 417 g/mol. The summed E-state index contributed by atoms with van der Waals surface area (Å²) in [5.74, 6) is 7.01. The average molecular weight is 436 g/mol. The highest BCUT2D eigenvalue weighted by Gasteiger charge is 2.10. The molecule has 0 spiro atoms. The van der Waals surface area contributed by atoms with Gasteiger partial charge in [-0.15, -0.1) is 10.2 Å². The number of hydrazone groups is 1. The Morgan fingerprint density at radius 2 is 1.89 bits per heavy atom. The van der Waals surface area contributed by atoms with Crippen molar-refractivity contribution < 1.29 is 0 Å². The summed E-state index contributed by atoms with van der Waals surface area (Å²) in [4.78, 5) is 2.03. The summed E-state index contributed by atoms with van der Waals surface area (Å²) >= 11 is 13.4. The summed E-state index contributed by atoms with van der Waals surface area (Å²) < 4.78 is 1.36. The van der Waals surface area contributed by atoms with Gasteiger partial charge >= 0.3 is 0 Å². The number of benzene rings is 2. The zero-order chi connectivity index (χ0) is 20.1. The van der Waals surface area contributed by atoms with Gasteiger partial charge in [-0.05, 0) is 35.4 Å². The molecule has 7 nitrogen and oxygen atoms in total. The topological polar surface area (TPSA) is 84.4 Å². The van der Waals surface area contributed by atoms with Crippen molar-refractivity contribution in [1.82, 2.24) is 14.9 Å². The molecule has 3 aromatic rings. The number of nitrogens with two attached hydrogens (primary N) is 1. The van der Waals surface area contributed by atoms with E-state index in [1.165, 1.54) is 16.4 Å². The number of nitrogen functional groups attached to an aromatic ring is 1. The van der Waals surface area contributed by atoms with Crippen LogP contribution in [0.3, 0.4) is 0 Å². The predicted octanol–water partition coefficient (Wildman–Crippen LogP) is 4.10. The Kier molecular flexibility index (Phi) is 6.66. The van der Waals surface area contributed by atoms with Gasteiger partial charge in [0.2, 0.25) is 5.16 Å². The molecule has 3 rings (SSSR count). The molecule has 1 aromatic heterocycles. The van der Waals surface area contributed by atoms with Crippen LogP contribution in [0.4, 0.5) is 11.6 Å². The van der Waals surface area contributed by atoms with Crippen molar-refractivity contribution in [2.45, 2.75) is 10.9 Å². The highest BCUT2D eigenvalue weighted by molar-refractivity contribution is 7.98. The van der Waals surface area contributed by atoms with Crippen LogP contribution in [0.5, 0.6) is 0 Å². The number of hydrogen-bond acceptors (Lipinski definition) is 7. The van der Waals surface area contributed by atoms with E-state index in [1.54, 1.807) is 12.3 Å². The van der Waals surface area contributed by atoms with Crippen molar-refractivity contribution in [3.63, 3.8) is 0 Å². The lowest BCUT2D eigenvalue weighted by Crippen LogP contribution is -2.13. The van der Waals surface area contributed by atoms with E-state index in [-0.39, 0.29) is 0 Å². The molecule has 0 radical (unpaired) electrons. The van der Waals surface area contributed by atoms with Crippen LogP contribution < -0.4 is 16.2 Å². The van der Waals surface area contributed by atoms with Crippen LogP contribution in [0.2, 0.25) is 10.0 Å². The molecular formula is C18H19Cl2N7S. The van der Waals surface area contributed by atoms with Crippen molar-refractivity contribution in [1.29, 1.82) is 0 Å². The lowest BCUT2D eigenvalue weighted by molar-refractivity contribution is 0.847. The molecule has 0 atom stereocenters. The van der Waals surface area contributed by atoms with Crippen molar-refractivity contribution >= 4 is 52.8 Å². The van der Waals surface area contributed by atoms with Gasteiger partial charge < -0.3 is 10.7 Å². The molecule has 28 heavy (non-hydrogen) atoms. The lowest BCUT2D eigenvalue weighted by atomic mass is 10.2. The van der Waals surface area contributed by atoms with Gasteiger partial charge in [-0.3, -0.25) is 0 Å². The van der Waals surface area contributed by atoms with Crippen LogP contribution in [-0.2, 0) is 5.75 Å². The third-order valence-electron chi connectivity index (χ3n) is 3.80. The molecule has 146 valence electrons. The minimum absolute atomic E-state index is 0.345. The second kappa shape index (κ2) is 9.18. The minimum atomic E-state index is 0.345. The van der Waals surface area contributed by atoms with Crippen LogP contribution in [0.25, 0.3) is 0 Å². The SMILES string of the molecule is CN(C)c1ccc(/C=N/Nc2nnc(SCc3ccc(Cl)c(Cl)c3)n2N)cc1. The van der Waals surface area contributed by atoms with Gasteiger partial charge in [-0.25, -0.2) is 10.1 Å². The van der Waals surface area contributed by atoms with Gasteiger partial charge in [0, 0.05) is 25.5 Å². The second-order valence-electron chi connectivity index (χ2n) is 6.07. The van der Waals surface area contributed by atoms with E-state index in [9.17, 15) is 0 Å². The molecule has 0 saturated carbocycles. The van der Waals surface area contributed by atoms with Gasteiger partial charge in [0.05, 0.1) is 16.3 Å². The van der Waals surface area contributed by atoms with Gasteiger partial charge in [-0.1, -0.05) is 53.2 Å². The van der Waals surface area contributed by atoms with Crippen molar-refractivity contribution in [3.8, 4) is 0 Å². The average Bonchev–Trinajstić information content (AvgIpc) is 3.03. The molecule has 10 heteroatoms. The van der Waals surface area contributed by atoms with Crippen LogP contribution in [0, 0.1) is 0 Å². The number of rotatable bonds is 7. The molecule has 0 aliphatic rings. The summed E-state index contributed by atoms with van der Waals surface area (Å²) in [5.41, 5.74) is 5.89. The fourth-order valence-corrected chi connectivity index (χ4v) is 3.37. The Balaban J connectivity index is 1.58. The molecule has 0 bridgehead atoms. The minimum Gasteiger partial charge on any atom is -0.378 e. The van der Waals surface area contributed by atoms with Crippen LogP contribution in [0.15, 0.2) is 52.7 Å². The predicted molar refractivity (Wildman–Crippen MR) is 118 cm³/mol. The molecule has 0 amide bonds. The van der Waals surface area contributed by atoms with Crippen LogP contribution in [-0.4, -0.2) is 35.2 Å². The molecule has 0 saturated heterocycles. The zero-order valence-electron chi connectivity index (χ0n) is 15.3. The van der Waals surface area contributed by atoms with E-state index in [1.807, 2.05) is 55.4 Å². The number of nitrogens with one attached hydrogen (secondary N) is 1. The van der Waals surface area contributed by atoms with Crippen LogP contribution >= 0.6 is 35.0 Å². The number of nitrogens with zero attached hydrogens (tertiary/aromatic N) is 5. The maximum atomic E-state index is 6.04. The number of hydrogen-bond donors (Lipinski definition) is 2. The second-order valence-corrected chi connectivity index (χ2v) is 7.83. The molecule has 1 heterocycles. The molecule has 2 aromatic carbocycles. The Bertz CT molecular complexity index is 971. The molecule has 3 N–H and O–H groups in total. The highest BCUT2D eigenvalue weighted by Crippen LogP contribution is 2.27. The van der Waals surface area contributed by atoms with Gasteiger partial charge in [0.15, 0.2) is 0 Å². The van der Waals surface area contributed by atoms with E-state index in [4.69, 9.17) is 29.0 Å². The largest absolute Gasteiger partial charge is 0.378 e. The Morgan fingerprint density at radius 3 is 2.57 bits per heavy atom. The van der Waals surface area contributed by atoms with E-state index >= 15 is 0 Å². The first kappa shape index (κ1) is 20.3. The lowest BCUT2D eigenvalue weighted by Gasteiger charge is -2.11. The summed E-state index contributed by atoms with van der Waals surface area (Å²) in [7, 11) is 3.99. The maximum Gasteiger partial charge on any atom is 0.264 e. The molecule has 0 unspecified atom stereocenters. The third kappa shape index (κ3) is 5.09. The van der Waals surface area contributed by atoms with E-state index in [0.717, 1.165) is 16.8 Å². The molecule has 0 aliphatic heterocycles. The maximum absolute atomic E-state index is 6.04. The highest BCUT2D eigenvalue weighted by atomic mass is 35.5. The smallest absolute Gasteiger partial charge is 0.264 e. The summed E-state index contributed by atoms with van der Waals surface area (Å²) in [6.07, 6.45) is 1.69. The first-order chi connectivity index (χ1) is 13.4. The quantitative estimate of drug-likeness (QED) is 0.251. The zero-order valence-corrected chi connectivity index (χ0v) is 17.6. The summed E-state index contributed by atoms with van der Waals surface area (Å²) in [6, 6.07) is 13.5. The Morgan fingerprint density at radius 1 is 1.14 bits per heavy atom. The standard InChI is InChI=1S/C18H19Cl2N7S/c1-26(2)14-6-3-12(4-7-14)10-22-23-17-24-25-18(27(17)21)28-11-13-5-8-15(19)16(20)9-13/h3-10H,11,21H2,1-2H3,(H,23,24)/b22-10+. The van der Waals surface area contributed by atoms with Gasteiger partial charge in [0.1, 0.15) is 0 Å². The van der Waals surface area contributed by atoms with Crippen molar-refractivity contribution in [3.05, 3.63) is 63.6 Å². The summed E-state index contributed by atoms with van der Waals surface area (Å²) in [6.45, 7) is 0. The molecule has 0 fully saturated rings. The molecule has 0 aliphatic carbocycles. The normalized spacial score (nSPS) is 11.1. The first-order valence-electron chi connectivity index (χ1n) is 8.27.